The van der Waals surface area contributed by atoms with Gasteiger partial charge in [0.2, 0.25) is 0 Å². The highest BCUT2D eigenvalue weighted by molar-refractivity contribution is 5.82. The lowest BCUT2D eigenvalue weighted by Gasteiger charge is -2.14. The molecule has 5 heteroatoms. The van der Waals surface area contributed by atoms with E-state index in [1.54, 1.807) is 0 Å². The quantitative estimate of drug-likeness (QED) is 0.146. The molecule has 5 nitrogen and oxygen atoms in total. The van der Waals surface area contributed by atoms with Crippen molar-refractivity contribution < 1.29 is 0 Å². The number of aromatic nitrogens is 5. The van der Waals surface area contributed by atoms with Gasteiger partial charge in [-0.25, -0.2) is 24.9 Å². The summed E-state index contributed by atoms with van der Waals surface area (Å²) in [4.78, 5) is 26.3. The number of rotatable bonds is 9. The zero-order valence-electron chi connectivity index (χ0n) is 32.6. The third kappa shape index (κ3) is 7.76. The number of benzene rings is 7. The molecule has 0 saturated carbocycles. The molecule has 0 atom stereocenters. The summed E-state index contributed by atoms with van der Waals surface area (Å²) in [6.07, 6.45) is 0. The van der Waals surface area contributed by atoms with E-state index in [0.717, 1.165) is 72.6 Å². The van der Waals surface area contributed by atoms with Gasteiger partial charge in [-0.1, -0.05) is 182 Å². The Kier molecular flexibility index (Phi) is 9.88. The molecule has 0 aliphatic rings. The highest BCUT2D eigenvalue weighted by Crippen LogP contribution is 2.36. The normalized spacial score (nSPS) is 11.0. The van der Waals surface area contributed by atoms with Gasteiger partial charge in [-0.3, -0.25) is 0 Å². The lowest BCUT2D eigenvalue weighted by molar-refractivity contribution is 1.05. The van der Waals surface area contributed by atoms with Crippen LogP contribution in [0.3, 0.4) is 0 Å². The Bertz CT molecular complexity index is 2530. The van der Waals surface area contributed by atoms with Gasteiger partial charge in [0, 0.05) is 16.7 Å². The predicted octanol–water partition coefficient (Wildman–Crippen LogP) is 13.7. The molecule has 0 amide bonds. The summed E-state index contributed by atoms with van der Waals surface area (Å²) < 4.78 is 0. The van der Waals surface area contributed by atoms with Crippen molar-refractivity contribution in [3.05, 3.63) is 224 Å². The van der Waals surface area contributed by atoms with Crippen LogP contribution in [0.2, 0.25) is 0 Å². The molecule has 0 aliphatic heterocycles. The van der Waals surface area contributed by atoms with Gasteiger partial charge in [0.1, 0.15) is 11.4 Å². The maximum absolute atomic E-state index is 5.29. The van der Waals surface area contributed by atoms with Gasteiger partial charge in [-0.15, -0.1) is 0 Å². The molecule has 0 radical (unpaired) electrons. The Morgan fingerprint density at radius 3 is 0.750 bits per heavy atom. The van der Waals surface area contributed by atoms with Gasteiger partial charge in [0.05, 0.1) is 11.4 Å². The van der Waals surface area contributed by atoms with E-state index in [-0.39, 0.29) is 0 Å². The lowest BCUT2D eigenvalue weighted by Crippen LogP contribution is -2.04. The monoisotopic (exact) mass is 767 g/mol. The van der Waals surface area contributed by atoms with Crippen molar-refractivity contribution in [2.75, 3.05) is 0 Å². The van der Waals surface area contributed by atoms with E-state index in [2.05, 4.69) is 164 Å². The molecule has 7 aromatic carbocycles. The van der Waals surface area contributed by atoms with E-state index in [0.29, 0.717) is 28.9 Å². The molecular formula is C55H37N5. The average Bonchev–Trinajstić information content (AvgIpc) is 3.35. The van der Waals surface area contributed by atoms with Crippen LogP contribution in [0, 0.1) is 0 Å². The van der Waals surface area contributed by atoms with Crippen LogP contribution in [0.4, 0.5) is 0 Å². The van der Waals surface area contributed by atoms with E-state index in [1.807, 2.05) is 60.7 Å². The molecule has 0 fully saturated rings. The summed E-state index contributed by atoms with van der Waals surface area (Å²) in [5.74, 6) is 1.42. The van der Waals surface area contributed by atoms with E-state index in [9.17, 15) is 0 Å². The van der Waals surface area contributed by atoms with Crippen LogP contribution in [0.15, 0.2) is 224 Å². The van der Waals surface area contributed by atoms with Crippen LogP contribution in [0.25, 0.3) is 101 Å². The molecule has 10 rings (SSSR count). The summed E-state index contributed by atoms with van der Waals surface area (Å²) in [6, 6.07) is 77.0. The van der Waals surface area contributed by atoms with E-state index < -0.39 is 0 Å². The van der Waals surface area contributed by atoms with Crippen LogP contribution in [-0.4, -0.2) is 24.9 Å². The molecule has 0 spiro atoms. The fourth-order valence-electron chi connectivity index (χ4n) is 7.48. The van der Waals surface area contributed by atoms with Gasteiger partial charge < -0.3 is 0 Å². The summed E-state index contributed by atoms with van der Waals surface area (Å²) in [7, 11) is 0. The summed E-state index contributed by atoms with van der Waals surface area (Å²) in [6.45, 7) is 0. The molecule has 0 N–H and O–H groups in total. The third-order valence-corrected chi connectivity index (χ3v) is 10.5. The first kappa shape index (κ1) is 36.2. The van der Waals surface area contributed by atoms with Crippen molar-refractivity contribution in [3.8, 4) is 101 Å². The van der Waals surface area contributed by atoms with Gasteiger partial charge in [0.15, 0.2) is 17.5 Å². The van der Waals surface area contributed by atoms with Crippen LogP contribution < -0.4 is 0 Å². The van der Waals surface area contributed by atoms with Crippen molar-refractivity contribution in [1.82, 2.24) is 24.9 Å². The Labute approximate surface area is 349 Å². The molecule has 60 heavy (non-hydrogen) atoms. The SMILES string of the molecule is c1ccc(-c2cc(-c3ccccc3)cc(-c3nc(-c4cc(-c5ccccc5)cc(-c5ccccc5)n4)nc(-c4cc(-c5ccccc5)cc(-c5ccccc5)n4)n3)c2)cc1. The fourth-order valence-corrected chi connectivity index (χ4v) is 7.48. The maximum Gasteiger partial charge on any atom is 0.182 e. The Morgan fingerprint density at radius 2 is 0.417 bits per heavy atom. The highest BCUT2D eigenvalue weighted by atomic mass is 15.1. The minimum Gasteiger partial charge on any atom is -0.244 e. The van der Waals surface area contributed by atoms with E-state index in [4.69, 9.17) is 24.9 Å². The highest BCUT2D eigenvalue weighted by Gasteiger charge is 2.19. The second kappa shape index (κ2) is 16.4. The second-order valence-electron chi connectivity index (χ2n) is 14.6. The van der Waals surface area contributed by atoms with Crippen molar-refractivity contribution in [2.24, 2.45) is 0 Å². The van der Waals surface area contributed by atoms with Gasteiger partial charge in [-0.05, 0) is 87.0 Å². The summed E-state index contributed by atoms with van der Waals surface area (Å²) in [5, 5.41) is 0. The topological polar surface area (TPSA) is 64.5 Å². The molecule has 0 bridgehead atoms. The van der Waals surface area contributed by atoms with Crippen molar-refractivity contribution in [3.63, 3.8) is 0 Å². The minimum absolute atomic E-state index is 0.449. The van der Waals surface area contributed by atoms with Crippen LogP contribution in [0.1, 0.15) is 0 Å². The first-order valence-electron chi connectivity index (χ1n) is 20.0. The molecule has 3 heterocycles. The average molecular weight is 768 g/mol. The molecule has 282 valence electrons. The van der Waals surface area contributed by atoms with E-state index in [1.165, 1.54) is 0 Å². The molecule has 10 aromatic rings. The molecule has 0 unspecified atom stereocenters. The molecule has 0 aliphatic carbocycles. The first-order chi connectivity index (χ1) is 29.7. The Morgan fingerprint density at radius 1 is 0.167 bits per heavy atom. The molecule has 3 aromatic heterocycles. The fraction of sp³-hybridized carbons (Fsp3) is 0. The first-order valence-corrected chi connectivity index (χ1v) is 20.0. The standard InChI is InChI=1S/C55H37N5/c1-7-19-38(20-8-1)44-31-45(39-21-9-2-10-22-39)33-48(32-44)53-58-54(51-36-46(40-23-11-3-12-24-40)34-49(56-51)42-27-15-5-16-28-42)60-55(59-53)52-37-47(41-25-13-4-14-26-41)35-50(57-52)43-29-17-6-18-30-43/h1-37H. The predicted molar refractivity (Wildman–Crippen MR) is 244 cm³/mol. The zero-order valence-corrected chi connectivity index (χ0v) is 32.6. The smallest absolute Gasteiger partial charge is 0.182 e. The third-order valence-electron chi connectivity index (χ3n) is 10.5. The zero-order chi connectivity index (χ0) is 40.1. The summed E-state index contributed by atoms with van der Waals surface area (Å²) in [5.41, 5.74) is 14.2. The van der Waals surface area contributed by atoms with Crippen molar-refractivity contribution in [1.29, 1.82) is 0 Å². The van der Waals surface area contributed by atoms with Gasteiger partial charge in [0.25, 0.3) is 0 Å². The van der Waals surface area contributed by atoms with Crippen molar-refractivity contribution >= 4 is 0 Å². The largest absolute Gasteiger partial charge is 0.244 e. The number of hydrogen-bond donors (Lipinski definition) is 0. The van der Waals surface area contributed by atoms with Crippen LogP contribution in [-0.2, 0) is 0 Å². The maximum atomic E-state index is 5.29. The Balaban J connectivity index is 1.24. The summed E-state index contributed by atoms with van der Waals surface area (Å²) >= 11 is 0. The minimum atomic E-state index is 0.449. The van der Waals surface area contributed by atoms with Crippen LogP contribution in [0.5, 0.6) is 0 Å². The van der Waals surface area contributed by atoms with E-state index >= 15 is 0 Å². The van der Waals surface area contributed by atoms with Gasteiger partial charge in [-0.2, -0.15) is 0 Å². The second-order valence-corrected chi connectivity index (χ2v) is 14.6. The van der Waals surface area contributed by atoms with Gasteiger partial charge >= 0.3 is 0 Å². The Hall–Kier alpha value is -8.15. The molecule has 0 saturated heterocycles. The van der Waals surface area contributed by atoms with Crippen LogP contribution >= 0.6 is 0 Å². The van der Waals surface area contributed by atoms with Crippen molar-refractivity contribution in [2.45, 2.75) is 0 Å². The number of nitrogens with zero attached hydrogens (tertiary/aromatic N) is 5. The molecular weight excluding hydrogens is 731 g/mol. The number of pyridine rings is 2. The number of hydrogen-bond acceptors (Lipinski definition) is 5. The lowest BCUT2D eigenvalue weighted by atomic mass is 9.96.